The summed E-state index contributed by atoms with van der Waals surface area (Å²) in [4.78, 5) is 37.7. The van der Waals surface area contributed by atoms with E-state index in [0.717, 1.165) is 24.8 Å². The van der Waals surface area contributed by atoms with E-state index in [1.165, 1.54) is 0 Å². The number of aryl methyl sites for hydroxylation is 1. The molecule has 2 heterocycles. The Kier molecular flexibility index (Phi) is 5.35. The molecule has 2 aliphatic rings. The monoisotopic (exact) mass is 348 g/mol. The largest absolute Gasteiger partial charge is 0.481 e. The van der Waals surface area contributed by atoms with Crippen LogP contribution in [-0.4, -0.2) is 57.1 Å². The van der Waals surface area contributed by atoms with Gasteiger partial charge in [-0.1, -0.05) is 0 Å². The molecule has 1 aromatic heterocycles. The minimum atomic E-state index is -0.944. The van der Waals surface area contributed by atoms with Gasteiger partial charge in [-0.15, -0.1) is 0 Å². The van der Waals surface area contributed by atoms with Crippen LogP contribution < -0.4 is 5.32 Å². The number of piperidine rings is 1. The molecule has 8 nitrogen and oxygen atoms in total. The topological polar surface area (TPSA) is 115 Å². The highest BCUT2D eigenvalue weighted by Gasteiger charge is 2.38. The van der Waals surface area contributed by atoms with E-state index in [4.69, 9.17) is 0 Å². The van der Waals surface area contributed by atoms with E-state index in [9.17, 15) is 19.5 Å². The molecule has 0 spiro atoms. The fourth-order valence-corrected chi connectivity index (χ4v) is 3.23. The van der Waals surface area contributed by atoms with Crippen molar-refractivity contribution in [2.45, 2.75) is 44.6 Å². The molecule has 2 fully saturated rings. The van der Waals surface area contributed by atoms with Crippen molar-refractivity contribution in [1.82, 2.24) is 20.4 Å². The van der Waals surface area contributed by atoms with E-state index in [1.54, 1.807) is 17.3 Å². The van der Waals surface area contributed by atoms with Crippen LogP contribution in [0, 0.1) is 11.8 Å². The zero-order valence-electron chi connectivity index (χ0n) is 14.1. The molecule has 0 aromatic carbocycles. The van der Waals surface area contributed by atoms with Crippen molar-refractivity contribution in [2.75, 3.05) is 13.1 Å². The molecule has 3 rings (SSSR count). The van der Waals surface area contributed by atoms with E-state index >= 15 is 0 Å². The SMILES string of the molecule is O=C(O)[C@H]1C[C@@H](C(=O)NC2CC2)CN(C(=O)CCCc2cn[nH]c2)C1. The number of hydrogen-bond donors (Lipinski definition) is 3. The van der Waals surface area contributed by atoms with Crippen LogP contribution in [0.25, 0.3) is 0 Å². The third kappa shape index (κ3) is 4.80. The first kappa shape index (κ1) is 17.4. The van der Waals surface area contributed by atoms with Gasteiger partial charge in [-0.05, 0) is 37.7 Å². The molecule has 1 aliphatic heterocycles. The maximum atomic E-state index is 12.5. The predicted octanol–water partition coefficient (Wildman–Crippen LogP) is 0.560. The second kappa shape index (κ2) is 7.67. The van der Waals surface area contributed by atoms with Gasteiger partial charge in [-0.3, -0.25) is 19.5 Å². The average molecular weight is 348 g/mol. The Morgan fingerprint density at radius 2 is 2.04 bits per heavy atom. The molecular formula is C17H24N4O4. The highest BCUT2D eigenvalue weighted by molar-refractivity contribution is 5.83. The van der Waals surface area contributed by atoms with Crippen molar-refractivity contribution in [2.24, 2.45) is 11.8 Å². The van der Waals surface area contributed by atoms with Gasteiger partial charge in [-0.25, -0.2) is 0 Å². The van der Waals surface area contributed by atoms with Gasteiger partial charge < -0.3 is 15.3 Å². The molecule has 1 aromatic rings. The number of nitrogens with zero attached hydrogens (tertiary/aromatic N) is 2. The van der Waals surface area contributed by atoms with E-state index < -0.39 is 17.8 Å². The molecule has 0 unspecified atom stereocenters. The van der Waals surface area contributed by atoms with Crippen LogP contribution in [0.3, 0.4) is 0 Å². The third-order valence-electron chi connectivity index (χ3n) is 4.86. The summed E-state index contributed by atoms with van der Waals surface area (Å²) in [5.74, 6) is -2.27. The minimum absolute atomic E-state index is 0.0846. The fourth-order valence-electron chi connectivity index (χ4n) is 3.23. The van der Waals surface area contributed by atoms with Gasteiger partial charge in [0.15, 0.2) is 0 Å². The first-order valence-electron chi connectivity index (χ1n) is 8.81. The van der Waals surface area contributed by atoms with Crippen molar-refractivity contribution in [3.05, 3.63) is 18.0 Å². The zero-order chi connectivity index (χ0) is 17.8. The maximum absolute atomic E-state index is 12.5. The molecular weight excluding hydrogens is 324 g/mol. The smallest absolute Gasteiger partial charge is 0.308 e. The lowest BCUT2D eigenvalue weighted by Crippen LogP contribution is -2.50. The van der Waals surface area contributed by atoms with Gasteiger partial charge in [0.2, 0.25) is 11.8 Å². The standard InChI is InChI=1S/C17H24N4O4/c22-15(3-1-2-11-7-18-19-8-11)21-9-12(6-13(10-21)17(24)25)16(23)20-14-4-5-14/h7-8,12-14H,1-6,9-10H2,(H,18,19)(H,20,23)(H,24,25)/t12-,13+/m1/s1. The number of aromatic amines is 1. The normalized spacial score (nSPS) is 23.3. The molecule has 8 heteroatoms. The molecule has 2 atom stereocenters. The summed E-state index contributed by atoms with van der Waals surface area (Å²) in [6.07, 6.45) is 7.54. The number of nitrogens with one attached hydrogen (secondary N) is 2. The molecule has 3 N–H and O–H groups in total. The Morgan fingerprint density at radius 1 is 1.28 bits per heavy atom. The lowest BCUT2D eigenvalue weighted by molar-refractivity contribution is -0.148. The number of carbonyl (C=O) groups excluding carboxylic acids is 2. The van der Waals surface area contributed by atoms with Crippen LogP contribution >= 0.6 is 0 Å². The Bertz CT molecular complexity index is 627. The van der Waals surface area contributed by atoms with Gasteiger partial charge in [-0.2, -0.15) is 5.10 Å². The Labute approximate surface area is 146 Å². The molecule has 0 radical (unpaired) electrons. The van der Waals surface area contributed by atoms with Crippen LogP contribution in [-0.2, 0) is 20.8 Å². The summed E-state index contributed by atoms with van der Waals surface area (Å²) in [5.41, 5.74) is 1.04. The van der Waals surface area contributed by atoms with Gasteiger partial charge in [0.1, 0.15) is 0 Å². The number of aromatic nitrogens is 2. The van der Waals surface area contributed by atoms with E-state index in [1.807, 2.05) is 0 Å². The van der Waals surface area contributed by atoms with Gasteiger partial charge in [0, 0.05) is 31.7 Å². The minimum Gasteiger partial charge on any atom is -0.481 e. The third-order valence-corrected chi connectivity index (χ3v) is 4.86. The molecule has 1 saturated heterocycles. The first-order chi connectivity index (χ1) is 12.0. The first-order valence-corrected chi connectivity index (χ1v) is 8.81. The van der Waals surface area contributed by atoms with Gasteiger partial charge >= 0.3 is 5.97 Å². The lowest BCUT2D eigenvalue weighted by Gasteiger charge is -2.35. The summed E-state index contributed by atoms with van der Waals surface area (Å²) in [6, 6.07) is 0.233. The predicted molar refractivity (Wildman–Crippen MR) is 88.5 cm³/mol. The van der Waals surface area contributed by atoms with Crippen molar-refractivity contribution in [1.29, 1.82) is 0 Å². The van der Waals surface area contributed by atoms with E-state index in [-0.39, 0.29) is 24.4 Å². The molecule has 136 valence electrons. The molecule has 2 amide bonds. The molecule has 0 bridgehead atoms. The maximum Gasteiger partial charge on any atom is 0.308 e. The average Bonchev–Trinajstić information content (AvgIpc) is 3.26. The number of amides is 2. The lowest BCUT2D eigenvalue weighted by atomic mass is 9.88. The number of carboxylic acid groups (broad SMARTS) is 1. The molecule has 1 saturated carbocycles. The fraction of sp³-hybridized carbons (Fsp3) is 0.647. The summed E-state index contributed by atoms with van der Waals surface area (Å²) in [5, 5.41) is 18.9. The van der Waals surface area contributed by atoms with E-state index in [2.05, 4.69) is 15.5 Å². The Balaban J connectivity index is 1.54. The quantitative estimate of drug-likeness (QED) is 0.666. The van der Waals surface area contributed by atoms with Crippen LogP contribution in [0.2, 0.25) is 0 Å². The summed E-state index contributed by atoms with van der Waals surface area (Å²) in [6.45, 7) is 0.500. The zero-order valence-corrected chi connectivity index (χ0v) is 14.1. The van der Waals surface area contributed by atoms with Crippen LogP contribution in [0.1, 0.15) is 37.7 Å². The second-order valence-corrected chi connectivity index (χ2v) is 7.01. The van der Waals surface area contributed by atoms with Gasteiger partial charge in [0.05, 0.1) is 18.0 Å². The van der Waals surface area contributed by atoms with Crippen molar-refractivity contribution >= 4 is 17.8 Å². The number of carbonyl (C=O) groups is 3. The van der Waals surface area contributed by atoms with Gasteiger partial charge in [0.25, 0.3) is 0 Å². The Morgan fingerprint density at radius 3 is 2.68 bits per heavy atom. The molecule has 25 heavy (non-hydrogen) atoms. The number of carboxylic acids is 1. The van der Waals surface area contributed by atoms with Crippen molar-refractivity contribution in [3.8, 4) is 0 Å². The number of H-pyrrole nitrogens is 1. The summed E-state index contributed by atoms with van der Waals surface area (Å²) < 4.78 is 0. The number of hydrogen-bond acceptors (Lipinski definition) is 4. The van der Waals surface area contributed by atoms with Crippen LogP contribution in [0.5, 0.6) is 0 Å². The highest BCUT2D eigenvalue weighted by atomic mass is 16.4. The van der Waals surface area contributed by atoms with E-state index in [0.29, 0.717) is 25.8 Å². The van der Waals surface area contributed by atoms with Crippen LogP contribution in [0.4, 0.5) is 0 Å². The number of likely N-dealkylation sites (tertiary alicyclic amines) is 1. The van der Waals surface area contributed by atoms with Crippen LogP contribution in [0.15, 0.2) is 12.4 Å². The van der Waals surface area contributed by atoms with Crippen molar-refractivity contribution < 1.29 is 19.5 Å². The summed E-state index contributed by atoms with van der Waals surface area (Å²) in [7, 11) is 0. The summed E-state index contributed by atoms with van der Waals surface area (Å²) >= 11 is 0. The molecule has 1 aliphatic carbocycles. The number of rotatable bonds is 7. The second-order valence-electron chi connectivity index (χ2n) is 7.01. The highest BCUT2D eigenvalue weighted by Crippen LogP contribution is 2.26. The van der Waals surface area contributed by atoms with Crippen molar-refractivity contribution in [3.63, 3.8) is 0 Å². The Hall–Kier alpha value is -2.38. The number of aliphatic carboxylic acids is 1.